The van der Waals surface area contributed by atoms with Gasteiger partial charge in [0.25, 0.3) is 0 Å². The predicted octanol–water partition coefficient (Wildman–Crippen LogP) is 9.20. The van der Waals surface area contributed by atoms with E-state index in [9.17, 15) is 0 Å². The molecule has 0 aromatic heterocycles. The van der Waals surface area contributed by atoms with Gasteiger partial charge in [-0.3, -0.25) is 0 Å². The Morgan fingerprint density at radius 1 is 0.355 bits per heavy atom. The minimum absolute atomic E-state index is 0.0574. The zero-order valence-electron chi connectivity index (χ0n) is 23.0. The first kappa shape index (κ1) is 25.7. The second-order valence-electron chi connectivity index (χ2n) is 14.1. The van der Waals surface area contributed by atoms with Crippen LogP contribution in [0.1, 0.15) is 130 Å². The second-order valence-corrected chi connectivity index (χ2v) is 14.1. The van der Waals surface area contributed by atoms with E-state index in [1.165, 1.54) is 33.4 Å². The van der Waals surface area contributed by atoms with Crippen LogP contribution >= 0.6 is 0 Å². The summed E-state index contributed by atoms with van der Waals surface area (Å²) in [6.45, 7) is 33.0. The third-order valence-electron chi connectivity index (χ3n) is 6.67. The lowest BCUT2D eigenvalue weighted by atomic mass is 9.62. The van der Waals surface area contributed by atoms with Crippen LogP contribution in [0.4, 0.5) is 0 Å². The third-order valence-corrected chi connectivity index (χ3v) is 6.67. The highest BCUT2D eigenvalue weighted by Crippen LogP contribution is 2.47. The molecule has 0 nitrogen and oxygen atoms in total. The molecule has 2 aromatic carbocycles. The topological polar surface area (TPSA) is 0 Å². The molecule has 0 atom stereocenters. The molecule has 0 N–H and O–H groups in total. The molecule has 0 heteroatoms. The molecule has 0 radical (unpaired) electrons. The Morgan fingerprint density at radius 2 is 0.710 bits per heavy atom. The van der Waals surface area contributed by atoms with E-state index in [1.54, 1.807) is 0 Å². The highest BCUT2D eigenvalue weighted by atomic mass is 14.4. The van der Waals surface area contributed by atoms with Crippen molar-refractivity contribution in [3.63, 3.8) is 0 Å². The van der Waals surface area contributed by atoms with Crippen LogP contribution in [0.2, 0.25) is 0 Å². The summed E-state index contributed by atoms with van der Waals surface area (Å²) >= 11 is 0. The van der Waals surface area contributed by atoms with Gasteiger partial charge in [-0.2, -0.15) is 0 Å². The van der Waals surface area contributed by atoms with Crippen molar-refractivity contribution in [2.45, 2.75) is 124 Å². The fourth-order valence-corrected chi connectivity index (χ4v) is 4.81. The van der Waals surface area contributed by atoms with E-state index in [-0.39, 0.29) is 27.1 Å². The number of benzene rings is 2. The minimum atomic E-state index is -0.0943. The van der Waals surface area contributed by atoms with Crippen LogP contribution in [0, 0.1) is 0 Å². The van der Waals surface area contributed by atoms with Crippen molar-refractivity contribution in [2.24, 2.45) is 0 Å². The minimum Gasteiger partial charge on any atom is -0.0582 e. The molecule has 0 saturated carbocycles. The maximum absolute atomic E-state index is 2.42. The lowest BCUT2D eigenvalue weighted by molar-refractivity contribution is 0.488. The highest BCUT2D eigenvalue weighted by molar-refractivity contribution is 5.56. The average Bonchev–Trinajstić information content (AvgIpc) is 2.57. The van der Waals surface area contributed by atoms with Crippen LogP contribution in [0.5, 0.6) is 0 Å². The predicted molar refractivity (Wildman–Crippen MR) is 140 cm³/mol. The van der Waals surface area contributed by atoms with Crippen molar-refractivity contribution in [3.05, 3.63) is 69.8 Å². The molecule has 0 spiro atoms. The van der Waals surface area contributed by atoms with Gasteiger partial charge in [-0.15, -0.1) is 0 Å². The molecular weight excluding hydrogens is 372 g/mol. The van der Waals surface area contributed by atoms with E-state index in [2.05, 4.69) is 133 Å². The Labute approximate surface area is 193 Å². The molecule has 0 fully saturated rings. The zero-order chi connectivity index (χ0) is 24.2. The molecule has 0 bridgehead atoms. The first-order valence-corrected chi connectivity index (χ1v) is 12.0. The van der Waals surface area contributed by atoms with E-state index in [1.807, 2.05) is 0 Å². The smallest absolute Gasteiger partial charge is 0.0152 e. The van der Waals surface area contributed by atoms with Crippen LogP contribution in [0.25, 0.3) is 0 Å². The molecule has 0 amide bonds. The van der Waals surface area contributed by atoms with Crippen LogP contribution in [-0.4, -0.2) is 0 Å². The van der Waals surface area contributed by atoms with Crippen molar-refractivity contribution in [3.8, 4) is 0 Å². The summed E-state index contributed by atoms with van der Waals surface area (Å²) in [7, 11) is 0. The largest absolute Gasteiger partial charge is 0.0582 e. The Bertz CT molecular complexity index is 909. The first-order chi connectivity index (χ1) is 13.7. The Morgan fingerprint density at radius 3 is 1.03 bits per heavy atom. The standard InChI is InChI=1S/C31H48/c1-27(2,3)21-15-17-22(18-16-21)31(13,14)26-24(29(7,8)9)20-19-23(28(4,5)6)25(26)30(10,11)12/h15-20H,1-14H3. The molecule has 0 heterocycles. The van der Waals surface area contributed by atoms with Gasteiger partial charge in [0.05, 0.1) is 0 Å². The summed E-state index contributed by atoms with van der Waals surface area (Å²) in [5, 5.41) is 0. The molecular formula is C31H48. The second kappa shape index (κ2) is 7.79. The van der Waals surface area contributed by atoms with Gasteiger partial charge in [0.2, 0.25) is 0 Å². The molecule has 31 heavy (non-hydrogen) atoms. The van der Waals surface area contributed by atoms with E-state index in [0.717, 1.165) is 0 Å². The van der Waals surface area contributed by atoms with E-state index < -0.39 is 0 Å². The zero-order valence-corrected chi connectivity index (χ0v) is 23.0. The normalized spacial score (nSPS) is 14.1. The van der Waals surface area contributed by atoms with Gasteiger partial charge >= 0.3 is 0 Å². The van der Waals surface area contributed by atoms with Crippen LogP contribution in [-0.2, 0) is 27.1 Å². The van der Waals surface area contributed by atoms with Gasteiger partial charge in [-0.1, -0.05) is 133 Å². The van der Waals surface area contributed by atoms with Crippen molar-refractivity contribution in [2.75, 3.05) is 0 Å². The fraction of sp³-hybridized carbons (Fsp3) is 0.613. The summed E-state index contributed by atoms with van der Waals surface area (Å²) in [4.78, 5) is 0. The Kier molecular flexibility index (Phi) is 6.46. The lowest BCUT2D eigenvalue weighted by Gasteiger charge is -2.42. The van der Waals surface area contributed by atoms with Crippen molar-refractivity contribution >= 4 is 0 Å². The van der Waals surface area contributed by atoms with Gasteiger partial charge in [-0.05, 0) is 55.0 Å². The molecule has 172 valence electrons. The molecule has 0 aliphatic rings. The lowest BCUT2D eigenvalue weighted by Crippen LogP contribution is -2.33. The van der Waals surface area contributed by atoms with E-state index >= 15 is 0 Å². The van der Waals surface area contributed by atoms with E-state index in [4.69, 9.17) is 0 Å². The Balaban J connectivity index is 2.95. The third kappa shape index (κ3) is 5.27. The molecule has 2 rings (SSSR count). The highest BCUT2D eigenvalue weighted by Gasteiger charge is 2.38. The SMILES string of the molecule is CC(C)(C)c1ccc(C(C)(C)c2c(C(C)(C)C)ccc(C(C)(C)C)c2C(C)(C)C)cc1. The molecule has 0 saturated heterocycles. The van der Waals surface area contributed by atoms with Crippen LogP contribution in [0.3, 0.4) is 0 Å². The average molecular weight is 421 g/mol. The summed E-state index contributed by atoms with van der Waals surface area (Å²) in [5.74, 6) is 0. The summed E-state index contributed by atoms with van der Waals surface area (Å²) < 4.78 is 0. The van der Waals surface area contributed by atoms with Gasteiger partial charge in [0, 0.05) is 5.41 Å². The first-order valence-electron chi connectivity index (χ1n) is 12.0. The van der Waals surface area contributed by atoms with Gasteiger partial charge < -0.3 is 0 Å². The molecule has 2 aromatic rings. The summed E-state index contributed by atoms with van der Waals surface area (Å²) in [6, 6.07) is 14.2. The van der Waals surface area contributed by atoms with Crippen molar-refractivity contribution in [1.29, 1.82) is 0 Å². The van der Waals surface area contributed by atoms with Gasteiger partial charge in [0.1, 0.15) is 0 Å². The maximum Gasteiger partial charge on any atom is 0.0152 e. The van der Waals surface area contributed by atoms with Gasteiger partial charge in [0.15, 0.2) is 0 Å². The summed E-state index contributed by atoms with van der Waals surface area (Å²) in [5.41, 5.74) is 9.07. The summed E-state index contributed by atoms with van der Waals surface area (Å²) in [6.07, 6.45) is 0. The number of hydrogen-bond acceptors (Lipinski definition) is 0. The van der Waals surface area contributed by atoms with Gasteiger partial charge in [-0.25, -0.2) is 0 Å². The monoisotopic (exact) mass is 420 g/mol. The quantitative estimate of drug-likeness (QED) is 0.454. The molecule has 0 unspecified atom stereocenters. The van der Waals surface area contributed by atoms with Crippen LogP contribution < -0.4 is 0 Å². The van der Waals surface area contributed by atoms with Crippen molar-refractivity contribution < 1.29 is 0 Å². The number of hydrogen-bond donors (Lipinski definition) is 0. The maximum atomic E-state index is 2.42. The number of rotatable bonds is 2. The fourth-order valence-electron chi connectivity index (χ4n) is 4.81. The van der Waals surface area contributed by atoms with E-state index in [0.29, 0.717) is 0 Å². The molecule has 0 aliphatic heterocycles. The molecule has 0 aliphatic carbocycles. The van der Waals surface area contributed by atoms with Crippen molar-refractivity contribution in [1.82, 2.24) is 0 Å². The Hall–Kier alpha value is -1.56. The van der Waals surface area contributed by atoms with Crippen LogP contribution in [0.15, 0.2) is 36.4 Å².